The highest BCUT2D eigenvalue weighted by Gasteiger charge is 2.32. The minimum absolute atomic E-state index is 0.0495. The number of thioether (sulfide) groups is 1. The molecule has 25 heavy (non-hydrogen) atoms. The summed E-state index contributed by atoms with van der Waals surface area (Å²) in [5.41, 5.74) is 2.42. The van der Waals surface area contributed by atoms with E-state index in [0.29, 0.717) is 15.9 Å². The molecule has 2 rings (SSSR count). The van der Waals surface area contributed by atoms with Gasteiger partial charge >= 0.3 is 0 Å². The van der Waals surface area contributed by atoms with Gasteiger partial charge in [-0.25, -0.2) is 0 Å². The minimum Gasteiger partial charge on any atom is -0.326 e. The minimum atomic E-state index is -0.519. The number of aryl methyl sites for hydroxylation is 1. The topological polar surface area (TPSA) is 82.9 Å². The molecule has 1 heterocycles. The second-order valence-corrected chi connectivity index (χ2v) is 7.71. The van der Waals surface area contributed by atoms with Crippen molar-refractivity contribution in [2.24, 2.45) is 16.1 Å². The largest absolute Gasteiger partial charge is 0.326 e. The van der Waals surface area contributed by atoms with Crippen molar-refractivity contribution in [2.45, 2.75) is 39.4 Å². The summed E-state index contributed by atoms with van der Waals surface area (Å²) < 4.78 is 0. The first kappa shape index (κ1) is 19.5. The molecule has 0 unspecified atom stereocenters. The maximum Gasteiger partial charge on any atom is 0.240 e. The van der Waals surface area contributed by atoms with Gasteiger partial charge in [-0.1, -0.05) is 43.3 Å². The highest BCUT2D eigenvalue weighted by Crippen LogP contribution is 2.24. The van der Waals surface area contributed by atoms with Crippen molar-refractivity contribution in [3.63, 3.8) is 0 Å². The van der Waals surface area contributed by atoms with Gasteiger partial charge in [0.25, 0.3) is 0 Å². The van der Waals surface area contributed by atoms with Crippen LogP contribution >= 0.6 is 23.4 Å². The molecule has 1 fully saturated rings. The third kappa shape index (κ3) is 5.57. The number of hydrogen-bond donors (Lipinski definition) is 2. The van der Waals surface area contributed by atoms with Crippen LogP contribution in [-0.4, -0.2) is 27.9 Å². The average Bonchev–Trinajstić information content (AvgIpc) is 2.88. The molecule has 1 aliphatic rings. The number of amides is 2. The molecular weight excluding hydrogens is 360 g/mol. The molecular formula is C17H21ClN4O2S. The Balaban J connectivity index is 1.95. The van der Waals surface area contributed by atoms with E-state index in [0.717, 1.165) is 11.3 Å². The first-order chi connectivity index (χ1) is 11.8. The van der Waals surface area contributed by atoms with Crippen LogP contribution < -0.4 is 10.6 Å². The lowest BCUT2D eigenvalue weighted by Gasteiger charge is -2.08. The summed E-state index contributed by atoms with van der Waals surface area (Å²) in [4.78, 5) is 24.1. The Bertz CT molecular complexity index is 746. The van der Waals surface area contributed by atoms with E-state index in [1.165, 1.54) is 11.8 Å². The highest BCUT2D eigenvalue weighted by atomic mass is 35.5. The number of nitrogens with zero attached hydrogens (tertiary/aromatic N) is 2. The summed E-state index contributed by atoms with van der Waals surface area (Å²) in [6, 6.07) is 5.29. The molecule has 0 bridgehead atoms. The lowest BCUT2D eigenvalue weighted by atomic mass is 10.1. The number of hydrogen-bond acceptors (Lipinski definition) is 5. The van der Waals surface area contributed by atoms with Crippen molar-refractivity contribution in [2.75, 3.05) is 5.32 Å². The Labute approximate surface area is 156 Å². The lowest BCUT2D eigenvalue weighted by Crippen LogP contribution is -2.28. The van der Waals surface area contributed by atoms with Gasteiger partial charge < -0.3 is 10.6 Å². The molecule has 6 nitrogen and oxygen atoms in total. The third-order valence-corrected chi connectivity index (χ3v) is 5.22. The number of amidine groups is 1. The Morgan fingerprint density at radius 1 is 1.44 bits per heavy atom. The van der Waals surface area contributed by atoms with E-state index in [2.05, 4.69) is 20.8 Å². The molecule has 0 radical (unpaired) electrons. The van der Waals surface area contributed by atoms with Crippen molar-refractivity contribution >= 4 is 51.7 Å². The van der Waals surface area contributed by atoms with Gasteiger partial charge in [0.1, 0.15) is 5.25 Å². The predicted molar refractivity (Wildman–Crippen MR) is 104 cm³/mol. The molecule has 2 amide bonds. The first-order valence-electron chi connectivity index (χ1n) is 7.92. The normalized spacial score (nSPS) is 19.4. The molecule has 1 saturated heterocycles. The van der Waals surface area contributed by atoms with Crippen LogP contribution in [0.2, 0.25) is 5.02 Å². The summed E-state index contributed by atoms with van der Waals surface area (Å²) >= 11 is 7.26. The lowest BCUT2D eigenvalue weighted by molar-refractivity contribution is -0.122. The van der Waals surface area contributed by atoms with Gasteiger partial charge in [0.2, 0.25) is 11.8 Å². The van der Waals surface area contributed by atoms with Crippen LogP contribution in [0, 0.1) is 12.8 Å². The molecule has 2 N–H and O–H groups in total. The standard InChI is InChI=1S/C17H21ClN4O2S/c1-9(2)11(4)21-22-17-20-16(24)14(25-17)8-15(23)19-12-6-5-10(3)13(18)7-12/h5-7,9,14H,8H2,1-4H3,(H,19,23)(H,20,22,24)/t14-/m1/s1. The average molecular weight is 381 g/mol. The Morgan fingerprint density at radius 2 is 2.16 bits per heavy atom. The monoisotopic (exact) mass is 380 g/mol. The van der Waals surface area contributed by atoms with Crippen LogP contribution in [-0.2, 0) is 9.59 Å². The first-order valence-corrected chi connectivity index (χ1v) is 9.17. The molecule has 1 atom stereocenters. The SMILES string of the molecule is CC(=NN=C1NC(=O)[C@@H](CC(=O)Nc2ccc(C)c(Cl)c2)S1)C(C)C. The number of benzene rings is 1. The van der Waals surface area contributed by atoms with E-state index < -0.39 is 5.25 Å². The molecule has 1 aliphatic heterocycles. The van der Waals surface area contributed by atoms with Crippen molar-refractivity contribution in [3.05, 3.63) is 28.8 Å². The van der Waals surface area contributed by atoms with Crippen molar-refractivity contribution in [1.82, 2.24) is 5.32 Å². The van der Waals surface area contributed by atoms with Crippen molar-refractivity contribution in [3.8, 4) is 0 Å². The van der Waals surface area contributed by atoms with Gasteiger partial charge in [0.05, 0.1) is 0 Å². The van der Waals surface area contributed by atoms with Crippen LogP contribution in [0.1, 0.15) is 32.8 Å². The number of anilines is 1. The second-order valence-electron chi connectivity index (χ2n) is 6.11. The van der Waals surface area contributed by atoms with Gasteiger partial charge in [-0.3, -0.25) is 9.59 Å². The zero-order valence-corrected chi connectivity index (χ0v) is 16.2. The number of rotatable bonds is 5. The fourth-order valence-corrected chi connectivity index (χ4v) is 2.98. The Hall–Kier alpha value is -1.86. The fraction of sp³-hybridized carbons (Fsp3) is 0.412. The Morgan fingerprint density at radius 3 is 2.80 bits per heavy atom. The van der Waals surface area contributed by atoms with Crippen molar-refractivity contribution < 1.29 is 9.59 Å². The van der Waals surface area contributed by atoms with E-state index in [9.17, 15) is 9.59 Å². The van der Waals surface area contributed by atoms with E-state index in [1.54, 1.807) is 12.1 Å². The number of carbonyl (C=O) groups excluding carboxylic acids is 2. The van der Waals surface area contributed by atoms with Crippen LogP contribution in [0.15, 0.2) is 28.4 Å². The zero-order valence-electron chi connectivity index (χ0n) is 14.6. The molecule has 0 spiro atoms. The molecule has 0 aliphatic carbocycles. The number of halogens is 1. The summed E-state index contributed by atoms with van der Waals surface area (Å²) in [6.07, 6.45) is 0.0495. The van der Waals surface area contributed by atoms with Gasteiger partial charge in [-0.05, 0) is 37.5 Å². The van der Waals surface area contributed by atoms with E-state index in [1.807, 2.05) is 33.8 Å². The molecule has 0 aromatic heterocycles. The van der Waals surface area contributed by atoms with Crippen LogP contribution in [0.3, 0.4) is 0 Å². The summed E-state index contributed by atoms with van der Waals surface area (Å²) in [5.74, 6) is -0.205. The van der Waals surface area contributed by atoms with E-state index >= 15 is 0 Å². The molecule has 8 heteroatoms. The molecule has 134 valence electrons. The summed E-state index contributed by atoms with van der Waals surface area (Å²) in [7, 11) is 0. The van der Waals surface area contributed by atoms with Gasteiger partial charge in [0.15, 0.2) is 5.17 Å². The fourth-order valence-electron chi connectivity index (χ4n) is 1.88. The van der Waals surface area contributed by atoms with Crippen LogP contribution in [0.25, 0.3) is 0 Å². The smallest absolute Gasteiger partial charge is 0.240 e. The van der Waals surface area contributed by atoms with Crippen molar-refractivity contribution in [1.29, 1.82) is 0 Å². The van der Waals surface area contributed by atoms with E-state index in [4.69, 9.17) is 11.6 Å². The zero-order chi connectivity index (χ0) is 18.6. The summed E-state index contributed by atoms with van der Waals surface area (Å²) in [6.45, 7) is 7.80. The van der Waals surface area contributed by atoms with Gasteiger partial charge in [0, 0.05) is 22.8 Å². The van der Waals surface area contributed by atoms with Crippen LogP contribution in [0.4, 0.5) is 5.69 Å². The van der Waals surface area contributed by atoms with Crippen LogP contribution in [0.5, 0.6) is 0 Å². The summed E-state index contributed by atoms with van der Waals surface area (Å²) in [5, 5.41) is 14.0. The number of carbonyl (C=O) groups is 2. The van der Waals surface area contributed by atoms with Gasteiger partial charge in [-0.15, -0.1) is 5.10 Å². The molecule has 1 aromatic carbocycles. The number of nitrogens with one attached hydrogen (secondary N) is 2. The molecule has 1 aromatic rings. The maximum atomic E-state index is 12.2. The maximum absolute atomic E-state index is 12.2. The molecule has 0 saturated carbocycles. The Kier molecular flexibility index (Phi) is 6.61. The van der Waals surface area contributed by atoms with E-state index in [-0.39, 0.29) is 24.2 Å². The third-order valence-electron chi connectivity index (χ3n) is 3.74. The highest BCUT2D eigenvalue weighted by molar-refractivity contribution is 8.15. The quantitative estimate of drug-likeness (QED) is 0.604. The predicted octanol–water partition coefficient (Wildman–Crippen LogP) is 3.60. The second kappa shape index (κ2) is 8.49. The van der Waals surface area contributed by atoms with Gasteiger partial charge in [-0.2, -0.15) is 5.10 Å².